The Morgan fingerprint density at radius 2 is 1.82 bits per heavy atom. The number of pyridine rings is 2. The van der Waals surface area contributed by atoms with Crippen molar-refractivity contribution in [2.24, 2.45) is 4.99 Å². The van der Waals surface area contributed by atoms with Gasteiger partial charge in [-0.1, -0.05) is 6.07 Å². The Morgan fingerprint density at radius 1 is 0.909 bits per heavy atom. The van der Waals surface area contributed by atoms with E-state index in [4.69, 9.17) is 9.41 Å². The second kappa shape index (κ2) is 7.70. The minimum absolute atomic E-state index is 0.809. The maximum atomic E-state index is 5.27. The van der Waals surface area contributed by atoms with Gasteiger partial charge in [0.15, 0.2) is 0 Å². The van der Waals surface area contributed by atoms with Crippen molar-refractivity contribution in [3.05, 3.63) is 78.9 Å². The number of nitrogens with one attached hydrogen (secondary N) is 1. The minimum Gasteiger partial charge on any atom is -0.472 e. The first kappa shape index (κ1) is 19.4. The molecule has 5 aromatic rings. The van der Waals surface area contributed by atoms with Crippen molar-refractivity contribution < 1.29 is 4.42 Å². The molecule has 0 amide bonds. The summed E-state index contributed by atoms with van der Waals surface area (Å²) in [5.41, 5.74) is 10.3. The molecule has 1 N–H and O–H groups in total. The molecule has 0 aliphatic carbocycles. The number of aromatic nitrogens is 4. The molecular formula is C26H22N6O. The largest absolute Gasteiger partial charge is 0.472 e. The molecule has 7 heteroatoms. The summed E-state index contributed by atoms with van der Waals surface area (Å²) in [6.07, 6.45) is 12.6. The first-order valence-corrected chi connectivity index (χ1v) is 10.9. The molecule has 7 nitrogen and oxygen atoms in total. The summed E-state index contributed by atoms with van der Waals surface area (Å²) in [5.74, 6) is 0. The molecule has 1 aliphatic rings. The van der Waals surface area contributed by atoms with Gasteiger partial charge in [0.05, 0.1) is 47.5 Å². The zero-order valence-corrected chi connectivity index (χ0v) is 18.4. The van der Waals surface area contributed by atoms with Gasteiger partial charge in [-0.25, -0.2) is 4.99 Å². The first-order valence-electron chi connectivity index (χ1n) is 10.9. The Kier molecular flexibility index (Phi) is 4.54. The molecule has 0 fully saturated rings. The molecule has 1 aromatic carbocycles. The number of nitrogens with zero attached hydrogens (tertiary/aromatic N) is 5. The predicted molar refractivity (Wildman–Crippen MR) is 130 cm³/mol. The second-order valence-electron chi connectivity index (χ2n) is 8.41. The van der Waals surface area contributed by atoms with Gasteiger partial charge in [-0.05, 0) is 48.2 Å². The molecule has 162 valence electrons. The summed E-state index contributed by atoms with van der Waals surface area (Å²) in [6.45, 7) is 0. The van der Waals surface area contributed by atoms with Crippen LogP contribution in [-0.4, -0.2) is 40.0 Å². The van der Waals surface area contributed by atoms with E-state index in [1.165, 1.54) is 5.56 Å². The maximum Gasteiger partial charge on any atom is 0.114 e. The van der Waals surface area contributed by atoms with Crippen molar-refractivity contribution in [2.75, 3.05) is 19.0 Å². The van der Waals surface area contributed by atoms with Crippen LogP contribution in [0.5, 0.6) is 0 Å². The molecule has 0 unspecified atom stereocenters. The Balaban J connectivity index is 1.42. The van der Waals surface area contributed by atoms with Crippen LogP contribution in [0.4, 0.5) is 11.4 Å². The fourth-order valence-electron chi connectivity index (χ4n) is 4.36. The third kappa shape index (κ3) is 3.38. The average molecular weight is 435 g/mol. The predicted octanol–water partition coefficient (Wildman–Crippen LogP) is 5.41. The van der Waals surface area contributed by atoms with Gasteiger partial charge < -0.3 is 9.32 Å². The SMILES string of the molecule is CN(C)c1cncc(-c2ccc3[nH]nc(C4=Nc5cncc(-c6ccoc6)c5CC4)c3c2)c1. The van der Waals surface area contributed by atoms with Crippen LogP contribution in [0, 0.1) is 0 Å². The molecule has 6 rings (SSSR count). The number of hydrogen-bond acceptors (Lipinski definition) is 6. The third-order valence-corrected chi connectivity index (χ3v) is 6.14. The fraction of sp³-hybridized carbons (Fsp3) is 0.154. The summed E-state index contributed by atoms with van der Waals surface area (Å²) in [5, 5.41) is 8.86. The lowest BCUT2D eigenvalue weighted by Crippen LogP contribution is -2.10. The molecule has 1 aliphatic heterocycles. The van der Waals surface area contributed by atoms with E-state index in [1.54, 1.807) is 12.5 Å². The molecular weight excluding hydrogens is 412 g/mol. The van der Waals surface area contributed by atoms with E-state index in [2.05, 4.69) is 49.3 Å². The fourth-order valence-corrected chi connectivity index (χ4v) is 4.36. The van der Waals surface area contributed by atoms with Crippen molar-refractivity contribution >= 4 is 28.0 Å². The molecule has 0 atom stereocenters. The number of aliphatic imine (C=N–C) groups is 1. The summed E-state index contributed by atoms with van der Waals surface area (Å²) in [4.78, 5) is 15.9. The highest BCUT2D eigenvalue weighted by molar-refractivity contribution is 6.11. The van der Waals surface area contributed by atoms with Gasteiger partial charge in [-0.15, -0.1) is 0 Å². The number of benzene rings is 1. The lowest BCUT2D eigenvalue weighted by Gasteiger charge is -2.17. The zero-order valence-electron chi connectivity index (χ0n) is 18.4. The van der Waals surface area contributed by atoms with Crippen LogP contribution in [0.15, 0.2) is 77.1 Å². The van der Waals surface area contributed by atoms with E-state index in [0.29, 0.717) is 0 Å². The molecule has 0 bridgehead atoms. The van der Waals surface area contributed by atoms with Crippen molar-refractivity contribution in [1.29, 1.82) is 0 Å². The number of fused-ring (bicyclic) bond motifs is 2. The van der Waals surface area contributed by atoms with E-state index in [1.807, 2.05) is 44.9 Å². The molecule has 0 spiro atoms. The van der Waals surface area contributed by atoms with Crippen molar-refractivity contribution in [1.82, 2.24) is 20.2 Å². The quantitative estimate of drug-likeness (QED) is 0.409. The van der Waals surface area contributed by atoms with E-state index >= 15 is 0 Å². The summed E-state index contributed by atoms with van der Waals surface area (Å²) in [6, 6.07) is 10.4. The van der Waals surface area contributed by atoms with E-state index in [-0.39, 0.29) is 0 Å². The number of aromatic amines is 1. The number of hydrogen-bond donors (Lipinski definition) is 1. The minimum atomic E-state index is 0.809. The summed E-state index contributed by atoms with van der Waals surface area (Å²) >= 11 is 0. The molecule has 0 radical (unpaired) electrons. The number of furan rings is 1. The number of H-pyrrole nitrogens is 1. The zero-order chi connectivity index (χ0) is 22.4. The van der Waals surface area contributed by atoms with Crippen LogP contribution >= 0.6 is 0 Å². The summed E-state index contributed by atoms with van der Waals surface area (Å²) < 4.78 is 5.27. The van der Waals surface area contributed by atoms with Crippen LogP contribution in [0.2, 0.25) is 0 Å². The van der Waals surface area contributed by atoms with Gasteiger partial charge in [0.2, 0.25) is 0 Å². The lowest BCUT2D eigenvalue weighted by molar-refractivity contribution is 0.568. The highest BCUT2D eigenvalue weighted by atomic mass is 16.3. The van der Waals surface area contributed by atoms with E-state index < -0.39 is 0 Å². The van der Waals surface area contributed by atoms with Crippen LogP contribution < -0.4 is 4.90 Å². The smallest absolute Gasteiger partial charge is 0.114 e. The van der Waals surface area contributed by atoms with Gasteiger partial charge in [0.1, 0.15) is 5.69 Å². The van der Waals surface area contributed by atoms with Gasteiger partial charge in [-0.2, -0.15) is 5.10 Å². The third-order valence-electron chi connectivity index (χ3n) is 6.14. The molecule has 5 heterocycles. The first-order chi connectivity index (χ1) is 16.2. The van der Waals surface area contributed by atoms with Crippen molar-refractivity contribution in [3.63, 3.8) is 0 Å². The van der Waals surface area contributed by atoms with Gasteiger partial charge in [0, 0.05) is 48.6 Å². The standard InChI is InChI=1S/C26H22N6O/c1-32(2)19-9-18(11-27-12-19)16-3-5-23-21(10-16)26(31-30-23)24-6-4-20-22(17-7-8-33-15-17)13-28-14-25(20)29-24/h3,5,7-15H,4,6H2,1-2H3,(H,30,31). The Morgan fingerprint density at radius 3 is 2.67 bits per heavy atom. The molecule has 4 aromatic heterocycles. The van der Waals surface area contributed by atoms with Gasteiger partial charge >= 0.3 is 0 Å². The van der Waals surface area contributed by atoms with Gasteiger partial charge in [0.25, 0.3) is 0 Å². The van der Waals surface area contributed by atoms with Crippen LogP contribution in [0.25, 0.3) is 33.2 Å². The molecule has 33 heavy (non-hydrogen) atoms. The van der Waals surface area contributed by atoms with E-state index in [9.17, 15) is 0 Å². The number of rotatable bonds is 4. The van der Waals surface area contributed by atoms with Crippen LogP contribution in [0.3, 0.4) is 0 Å². The Labute approximate surface area is 190 Å². The number of anilines is 1. The second-order valence-corrected chi connectivity index (χ2v) is 8.41. The van der Waals surface area contributed by atoms with Crippen LogP contribution in [-0.2, 0) is 6.42 Å². The average Bonchev–Trinajstić information content (AvgIpc) is 3.53. The van der Waals surface area contributed by atoms with Crippen LogP contribution in [0.1, 0.15) is 17.7 Å². The van der Waals surface area contributed by atoms with Crippen molar-refractivity contribution in [3.8, 4) is 22.3 Å². The van der Waals surface area contributed by atoms with Crippen molar-refractivity contribution in [2.45, 2.75) is 12.8 Å². The normalized spacial score (nSPS) is 13.1. The van der Waals surface area contributed by atoms with Gasteiger partial charge in [-0.3, -0.25) is 15.1 Å². The summed E-state index contributed by atoms with van der Waals surface area (Å²) in [7, 11) is 4.04. The van der Waals surface area contributed by atoms with E-state index in [0.717, 1.165) is 68.8 Å². The molecule has 0 saturated carbocycles. The maximum absolute atomic E-state index is 5.27. The highest BCUT2D eigenvalue weighted by Gasteiger charge is 2.21. The highest BCUT2D eigenvalue weighted by Crippen LogP contribution is 2.36. The lowest BCUT2D eigenvalue weighted by atomic mass is 9.94. The Bertz CT molecular complexity index is 1500. The topological polar surface area (TPSA) is 83.2 Å². The monoisotopic (exact) mass is 434 g/mol. The molecule has 0 saturated heterocycles. The Hall–Kier alpha value is -4.26.